The third-order valence-corrected chi connectivity index (χ3v) is 3.01. The van der Waals surface area contributed by atoms with Crippen LogP contribution >= 0.6 is 0 Å². The van der Waals surface area contributed by atoms with Crippen molar-refractivity contribution >= 4 is 17.7 Å². The number of rotatable bonds is 3. The first kappa shape index (κ1) is 12.2. The summed E-state index contributed by atoms with van der Waals surface area (Å²) in [5, 5.41) is 17.7. The second-order valence-electron chi connectivity index (χ2n) is 4.25. The van der Waals surface area contributed by atoms with E-state index in [-0.39, 0.29) is 0 Å². The van der Waals surface area contributed by atoms with Gasteiger partial charge in [0.15, 0.2) is 0 Å². The molecule has 1 aliphatic rings. The summed E-state index contributed by atoms with van der Waals surface area (Å²) in [6.45, 7) is 1.97. The predicted molar refractivity (Wildman–Crippen MR) is 69.3 cm³/mol. The van der Waals surface area contributed by atoms with Gasteiger partial charge in [0.2, 0.25) is 0 Å². The van der Waals surface area contributed by atoms with Gasteiger partial charge in [-0.1, -0.05) is 6.07 Å². The molecule has 92 valence electrons. The van der Waals surface area contributed by atoms with E-state index in [2.05, 4.69) is 11.0 Å². The number of carboxylic acid groups (broad SMARTS) is 1. The van der Waals surface area contributed by atoms with Gasteiger partial charge in [0.05, 0.1) is 11.3 Å². The average Bonchev–Trinajstić information content (AvgIpc) is 2.89. The van der Waals surface area contributed by atoms with Gasteiger partial charge in [0.1, 0.15) is 6.07 Å². The van der Waals surface area contributed by atoms with Crippen molar-refractivity contribution in [2.45, 2.75) is 12.8 Å². The van der Waals surface area contributed by atoms with E-state index in [0.29, 0.717) is 5.56 Å². The lowest BCUT2D eigenvalue weighted by molar-refractivity contribution is -0.131. The molecule has 0 unspecified atom stereocenters. The van der Waals surface area contributed by atoms with Crippen LogP contribution in [0, 0.1) is 11.3 Å². The normalized spacial score (nSPS) is 14.9. The molecule has 0 aliphatic carbocycles. The van der Waals surface area contributed by atoms with E-state index in [9.17, 15) is 4.79 Å². The molecule has 0 aromatic heterocycles. The molecule has 0 bridgehead atoms. The molecule has 1 aromatic rings. The highest BCUT2D eigenvalue weighted by Gasteiger charge is 2.15. The van der Waals surface area contributed by atoms with Crippen LogP contribution in [0.25, 0.3) is 6.08 Å². The Bertz CT molecular complexity index is 523. The minimum absolute atomic E-state index is 0.601. The van der Waals surface area contributed by atoms with Crippen molar-refractivity contribution in [3.05, 3.63) is 35.4 Å². The van der Waals surface area contributed by atoms with Crippen LogP contribution in [0.15, 0.2) is 24.3 Å². The maximum absolute atomic E-state index is 10.4. The summed E-state index contributed by atoms with van der Waals surface area (Å²) in [6.07, 6.45) is 4.89. The summed E-state index contributed by atoms with van der Waals surface area (Å²) in [5.41, 5.74) is 2.28. The number of hydrogen-bond acceptors (Lipinski definition) is 3. The molecule has 2 rings (SSSR count). The predicted octanol–water partition coefficient (Wildman–Crippen LogP) is 2.26. The number of carboxylic acids is 1. The molecule has 0 spiro atoms. The summed E-state index contributed by atoms with van der Waals surface area (Å²) in [4.78, 5) is 12.6. The molecule has 0 amide bonds. The molecule has 1 saturated heterocycles. The van der Waals surface area contributed by atoms with Crippen molar-refractivity contribution < 1.29 is 9.90 Å². The standard InChI is InChI=1S/C14H14N2O2/c15-10-12-9-11(4-6-14(17)18)3-5-13(12)16-7-1-2-8-16/h3-6,9H,1-2,7-8H2,(H,17,18)/b6-4+. The molecule has 18 heavy (non-hydrogen) atoms. The zero-order valence-electron chi connectivity index (χ0n) is 9.97. The van der Waals surface area contributed by atoms with Crippen molar-refractivity contribution in [1.29, 1.82) is 5.26 Å². The van der Waals surface area contributed by atoms with E-state index >= 15 is 0 Å². The SMILES string of the molecule is N#Cc1cc(/C=C/C(=O)O)ccc1N1CCCC1. The fourth-order valence-corrected chi connectivity index (χ4v) is 2.15. The molecular formula is C14H14N2O2. The number of anilines is 1. The third-order valence-electron chi connectivity index (χ3n) is 3.01. The van der Waals surface area contributed by atoms with Crippen molar-refractivity contribution in [2.24, 2.45) is 0 Å². The summed E-state index contributed by atoms with van der Waals surface area (Å²) < 4.78 is 0. The maximum Gasteiger partial charge on any atom is 0.328 e. The number of nitrogens with zero attached hydrogens (tertiary/aromatic N) is 2. The Hall–Kier alpha value is -2.28. The van der Waals surface area contributed by atoms with E-state index in [0.717, 1.165) is 43.3 Å². The van der Waals surface area contributed by atoms with Crippen LogP contribution in [0.3, 0.4) is 0 Å². The minimum atomic E-state index is -0.989. The molecule has 0 atom stereocenters. The van der Waals surface area contributed by atoms with Gasteiger partial charge in [-0.15, -0.1) is 0 Å². The number of aliphatic carboxylic acids is 1. The highest BCUT2D eigenvalue weighted by Crippen LogP contribution is 2.25. The van der Waals surface area contributed by atoms with Gasteiger partial charge in [0, 0.05) is 19.2 Å². The summed E-state index contributed by atoms with van der Waals surface area (Å²) in [7, 11) is 0. The first-order chi connectivity index (χ1) is 8.70. The van der Waals surface area contributed by atoms with Gasteiger partial charge in [0.25, 0.3) is 0 Å². The summed E-state index contributed by atoms with van der Waals surface area (Å²) in [5.74, 6) is -0.989. The number of nitriles is 1. The van der Waals surface area contributed by atoms with Gasteiger partial charge >= 0.3 is 5.97 Å². The Morgan fingerprint density at radius 1 is 1.39 bits per heavy atom. The van der Waals surface area contributed by atoms with Crippen molar-refractivity contribution in [2.75, 3.05) is 18.0 Å². The first-order valence-corrected chi connectivity index (χ1v) is 5.91. The molecule has 1 aliphatic heterocycles. The van der Waals surface area contributed by atoms with Gasteiger partial charge in [-0.25, -0.2) is 4.79 Å². The van der Waals surface area contributed by atoms with Crippen LogP contribution in [0.4, 0.5) is 5.69 Å². The molecule has 4 nitrogen and oxygen atoms in total. The second-order valence-corrected chi connectivity index (χ2v) is 4.25. The van der Waals surface area contributed by atoms with E-state index < -0.39 is 5.97 Å². The van der Waals surface area contributed by atoms with Crippen LogP contribution in [0.5, 0.6) is 0 Å². The zero-order valence-corrected chi connectivity index (χ0v) is 9.97. The van der Waals surface area contributed by atoms with Gasteiger partial charge < -0.3 is 10.0 Å². The third kappa shape index (κ3) is 2.69. The van der Waals surface area contributed by atoms with Crippen LogP contribution in [-0.4, -0.2) is 24.2 Å². The number of carbonyl (C=O) groups is 1. The molecule has 1 N–H and O–H groups in total. The Labute approximate surface area is 106 Å². The Kier molecular flexibility index (Phi) is 3.63. The average molecular weight is 242 g/mol. The smallest absolute Gasteiger partial charge is 0.328 e. The van der Waals surface area contributed by atoms with E-state index in [1.165, 1.54) is 6.08 Å². The van der Waals surface area contributed by atoms with Crippen LogP contribution in [0.2, 0.25) is 0 Å². The van der Waals surface area contributed by atoms with Crippen molar-refractivity contribution in [3.8, 4) is 6.07 Å². The summed E-state index contributed by atoms with van der Waals surface area (Å²) in [6, 6.07) is 7.64. The van der Waals surface area contributed by atoms with Gasteiger partial charge in [-0.2, -0.15) is 5.26 Å². The second kappa shape index (κ2) is 5.37. The number of benzene rings is 1. The van der Waals surface area contributed by atoms with E-state index in [1.54, 1.807) is 6.07 Å². The highest BCUT2D eigenvalue weighted by molar-refractivity contribution is 5.85. The van der Waals surface area contributed by atoms with Crippen LogP contribution < -0.4 is 4.90 Å². The number of hydrogen-bond donors (Lipinski definition) is 1. The lowest BCUT2D eigenvalue weighted by Gasteiger charge is -2.19. The van der Waals surface area contributed by atoms with Gasteiger partial charge in [-0.3, -0.25) is 0 Å². The molecule has 0 saturated carbocycles. The van der Waals surface area contributed by atoms with E-state index in [4.69, 9.17) is 10.4 Å². The van der Waals surface area contributed by atoms with E-state index in [1.807, 2.05) is 12.1 Å². The fraction of sp³-hybridized carbons (Fsp3) is 0.286. The lowest BCUT2D eigenvalue weighted by Crippen LogP contribution is -2.18. The molecule has 4 heteroatoms. The maximum atomic E-state index is 10.4. The monoisotopic (exact) mass is 242 g/mol. The highest BCUT2D eigenvalue weighted by atomic mass is 16.4. The molecule has 0 radical (unpaired) electrons. The van der Waals surface area contributed by atoms with Crippen molar-refractivity contribution in [3.63, 3.8) is 0 Å². The quantitative estimate of drug-likeness (QED) is 0.826. The largest absolute Gasteiger partial charge is 0.478 e. The Morgan fingerprint density at radius 3 is 2.72 bits per heavy atom. The molecular weight excluding hydrogens is 228 g/mol. The zero-order chi connectivity index (χ0) is 13.0. The van der Waals surface area contributed by atoms with Crippen molar-refractivity contribution in [1.82, 2.24) is 0 Å². The molecule has 1 aromatic carbocycles. The topological polar surface area (TPSA) is 64.3 Å². The van der Waals surface area contributed by atoms with Gasteiger partial charge in [-0.05, 0) is 36.6 Å². The lowest BCUT2D eigenvalue weighted by atomic mass is 10.1. The van der Waals surface area contributed by atoms with Crippen LogP contribution in [-0.2, 0) is 4.79 Å². The molecule has 1 fully saturated rings. The fourth-order valence-electron chi connectivity index (χ4n) is 2.15. The van der Waals surface area contributed by atoms with Crippen LogP contribution in [0.1, 0.15) is 24.0 Å². The first-order valence-electron chi connectivity index (χ1n) is 5.91. The summed E-state index contributed by atoms with van der Waals surface area (Å²) >= 11 is 0. The Balaban J connectivity index is 2.28. The Morgan fingerprint density at radius 2 is 2.11 bits per heavy atom. The molecule has 1 heterocycles. The minimum Gasteiger partial charge on any atom is -0.478 e.